The van der Waals surface area contributed by atoms with Crippen molar-refractivity contribution in [2.75, 3.05) is 6.54 Å². The lowest BCUT2D eigenvalue weighted by molar-refractivity contribution is 0.236. The van der Waals surface area contributed by atoms with Gasteiger partial charge in [0.15, 0.2) is 0 Å². The number of hydrogen-bond acceptors (Lipinski definition) is 1. The average molecular weight is 185 g/mol. The van der Waals surface area contributed by atoms with Crippen LogP contribution >= 0.6 is 0 Å². The van der Waals surface area contributed by atoms with Gasteiger partial charge >= 0.3 is 0 Å². The van der Waals surface area contributed by atoms with Gasteiger partial charge in [-0.3, -0.25) is 0 Å². The fourth-order valence-electron chi connectivity index (χ4n) is 1.87. The van der Waals surface area contributed by atoms with E-state index in [4.69, 9.17) is 0 Å². The van der Waals surface area contributed by atoms with Crippen molar-refractivity contribution in [1.82, 2.24) is 5.32 Å². The molecule has 0 aliphatic heterocycles. The summed E-state index contributed by atoms with van der Waals surface area (Å²) in [5.41, 5.74) is 0.677. The van der Waals surface area contributed by atoms with E-state index < -0.39 is 0 Å². The zero-order valence-corrected chi connectivity index (χ0v) is 10.5. The van der Waals surface area contributed by atoms with Gasteiger partial charge in [-0.25, -0.2) is 0 Å². The van der Waals surface area contributed by atoms with Crippen LogP contribution in [0.1, 0.15) is 54.9 Å². The fraction of sp³-hybridized carbons (Fsp3) is 1.00. The molecule has 13 heavy (non-hydrogen) atoms. The Hall–Kier alpha value is -0.0400. The van der Waals surface area contributed by atoms with Crippen molar-refractivity contribution >= 4 is 0 Å². The van der Waals surface area contributed by atoms with E-state index in [1.807, 2.05) is 0 Å². The highest BCUT2D eigenvalue weighted by Crippen LogP contribution is 2.26. The van der Waals surface area contributed by atoms with Gasteiger partial charge in [0, 0.05) is 5.54 Å². The second kappa shape index (κ2) is 4.45. The predicted molar refractivity (Wildman–Crippen MR) is 61.0 cm³/mol. The lowest BCUT2D eigenvalue weighted by atomic mass is 9.81. The van der Waals surface area contributed by atoms with Gasteiger partial charge in [-0.1, -0.05) is 34.6 Å². The van der Waals surface area contributed by atoms with E-state index in [-0.39, 0.29) is 5.54 Å². The molecule has 0 amide bonds. The number of rotatable bonds is 4. The van der Waals surface area contributed by atoms with Gasteiger partial charge in [0.1, 0.15) is 0 Å². The van der Waals surface area contributed by atoms with Crippen LogP contribution in [0.2, 0.25) is 0 Å². The molecule has 0 saturated carbocycles. The van der Waals surface area contributed by atoms with Gasteiger partial charge < -0.3 is 5.32 Å². The molecule has 0 radical (unpaired) electrons. The normalized spacial score (nSPS) is 13.8. The first kappa shape index (κ1) is 13.0. The molecule has 0 unspecified atom stereocenters. The molecule has 0 aliphatic rings. The molecule has 0 aliphatic carbocycles. The summed E-state index contributed by atoms with van der Waals surface area (Å²) in [5, 5.41) is 3.61. The summed E-state index contributed by atoms with van der Waals surface area (Å²) >= 11 is 0. The van der Waals surface area contributed by atoms with Gasteiger partial charge in [-0.05, 0) is 38.1 Å². The van der Waals surface area contributed by atoms with Crippen LogP contribution in [-0.4, -0.2) is 12.1 Å². The van der Waals surface area contributed by atoms with Gasteiger partial charge in [0.05, 0.1) is 0 Å². The Balaban J connectivity index is 3.94. The molecule has 0 aromatic heterocycles. The molecule has 0 aromatic rings. The van der Waals surface area contributed by atoms with E-state index in [1.54, 1.807) is 0 Å². The Morgan fingerprint density at radius 2 is 1.46 bits per heavy atom. The van der Waals surface area contributed by atoms with Crippen molar-refractivity contribution in [3.63, 3.8) is 0 Å². The summed E-state index contributed by atoms with van der Waals surface area (Å²) in [4.78, 5) is 0. The van der Waals surface area contributed by atoms with E-state index in [1.165, 1.54) is 6.42 Å². The molecule has 0 rings (SSSR count). The third-order valence-corrected chi connectivity index (χ3v) is 1.96. The second-order valence-corrected chi connectivity index (χ2v) is 6.40. The minimum absolute atomic E-state index is 0.266. The Bertz CT molecular complexity index is 140. The van der Waals surface area contributed by atoms with Gasteiger partial charge in [-0.15, -0.1) is 0 Å². The van der Waals surface area contributed by atoms with Crippen molar-refractivity contribution in [3.8, 4) is 0 Å². The van der Waals surface area contributed by atoms with Crippen molar-refractivity contribution in [1.29, 1.82) is 0 Å². The lowest BCUT2D eigenvalue weighted by Gasteiger charge is -2.34. The Morgan fingerprint density at radius 3 is 1.77 bits per heavy atom. The molecule has 1 N–H and O–H groups in total. The van der Waals surface area contributed by atoms with E-state index in [0.29, 0.717) is 5.41 Å². The van der Waals surface area contributed by atoms with Crippen molar-refractivity contribution in [2.24, 2.45) is 11.3 Å². The Labute approximate surface area is 84.3 Å². The zero-order chi connectivity index (χ0) is 10.7. The fourth-order valence-corrected chi connectivity index (χ4v) is 1.87. The monoisotopic (exact) mass is 185 g/mol. The van der Waals surface area contributed by atoms with Crippen LogP contribution in [0.5, 0.6) is 0 Å². The molecule has 0 saturated heterocycles. The first-order chi connectivity index (χ1) is 5.62. The Kier molecular flexibility index (Phi) is 4.44. The molecular formula is C12H27N. The van der Waals surface area contributed by atoms with E-state index in [0.717, 1.165) is 12.5 Å². The maximum Gasteiger partial charge on any atom is 0.0130 e. The van der Waals surface area contributed by atoms with E-state index >= 15 is 0 Å². The molecular weight excluding hydrogens is 158 g/mol. The van der Waals surface area contributed by atoms with Gasteiger partial charge in [0.2, 0.25) is 0 Å². The molecule has 0 aromatic carbocycles. The minimum atomic E-state index is 0.266. The summed E-state index contributed by atoms with van der Waals surface area (Å²) < 4.78 is 0. The van der Waals surface area contributed by atoms with Crippen molar-refractivity contribution in [2.45, 2.75) is 60.4 Å². The van der Waals surface area contributed by atoms with Crippen LogP contribution in [0.3, 0.4) is 0 Å². The van der Waals surface area contributed by atoms with E-state index in [2.05, 4.69) is 53.8 Å². The van der Waals surface area contributed by atoms with Crippen molar-refractivity contribution in [3.05, 3.63) is 0 Å². The molecule has 0 heterocycles. The standard InChI is InChI=1S/C12H27N/c1-10(2)8-13-12(6,7)9-11(3,4)5/h10,13H,8-9H2,1-7H3. The predicted octanol–water partition coefficient (Wildman–Crippen LogP) is 3.45. The van der Waals surface area contributed by atoms with E-state index in [9.17, 15) is 0 Å². The SMILES string of the molecule is CC(C)CNC(C)(C)CC(C)(C)C. The molecule has 80 valence electrons. The number of hydrogen-bond donors (Lipinski definition) is 1. The number of nitrogens with one attached hydrogen (secondary N) is 1. The maximum atomic E-state index is 3.61. The zero-order valence-electron chi connectivity index (χ0n) is 10.5. The smallest absolute Gasteiger partial charge is 0.0130 e. The average Bonchev–Trinajstić information content (AvgIpc) is 1.78. The maximum absolute atomic E-state index is 3.61. The largest absolute Gasteiger partial charge is 0.312 e. The first-order valence-electron chi connectivity index (χ1n) is 5.37. The Morgan fingerprint density at radius 1 is 1.00 bits per heavy atom. The third-order valence-electron chi connectivity index (χ3n) is 1.96. The van der Waals surface area contributed by atoms with Gasteiger partial charge in [0.25, 0.3) is 0 Å². The molecule has 0 spiro atoms. The van der Waals surface area contributed by atoms with Crippen LogP contribution in [0.25, 0.3) is 0 Å². The van der Waals surface area contributed by atoms with Gasteiger partial charge in [-0.2, -0.15) is 0 Å². The topological polar surface area (TPSA) is 12.0 Å². The molecule has 1 heteroatoms. The first-order valence-corrected chi connectivity index (χ1v) is 5.37. The highest BCUT2D eigenvalue weighted by Gasteiger charge is 2.24. The summed E-state index contributed by atoms with van der Waals surface area (Å²) in [6.07, 6.45) is 1.22. The highest BCUT2D eigenvalue weighted by molar-refractivity contribution is 4.83. The van der Waals surface area contributed by atoms with Crippen LogP contribution < -0.4 is 5.32 Å². The molecule has 1 nitrogen and oxygen atoms in total. The third kappa shape index (κ3) is 8.29. The summed E-state index contributed by atoms with van der Waals surface area (Å²) in [6, 6.07) is 0. The molecule has 0 bridgehead atoms. The van der Waals surface area contributed by atoms with Crippen LogP contribution in [-0.2, 0) is 0 Å². The summed E-state index contributed by atoms with van der Waals surface area (Å²) in [6.45, 7) is 17.1. The molecule has 0 atom stereocenters. The minimum Gasteiger partial charge on any atom is -0.312 e. The quantitative estimate of drug-likeness (QED) is 0.707. The van der Waals surface area contributed by atoms with Crippen LogP contribution in [0.15, 0.2) is 0 Å². The van der Waals surface area contributed by atoms with Crippen LogP contribution in [0.4, 0.5) is 0 Å². The van der Waals surface area contributed by atoms with Crippen molar-refractivity contribution < 1.29 is 0 Å². The highest BCUT2D eigenvalue weighted by atomic mass is 15.0. The van der Waals surface area contributed by atoms with Crippen LogP contribution in [0, 0.1) is 11.3 Å². The lowest BCUT2D eigenvalue weighted by Crippen LogP contribution is -2.43. The summed E-state index contributed by atoms with van der Waals surface area (Å²) in [5.74, 6) is 0.735. The summed E-state index contributed by atoms with van der Waals surface area (Å²) in [7, 11) is 0. The second-order valence-electron chi connectivity index (χ2n) is 6.40. The molecule has 0 fully saturated rings.